The first-order chi connectivity index (χ1) is 9.47. The number of primary amides is 1. The van der Waals surface area contributed by atoms with Crippen LogP contribution in [0.25, 0.3) is 6.08 Å². The van der Waals surface area contributed by atoms with Gasteiger partial charge in [-0.3, -0.25) is 9.59 Å². The fourth-order valence-electron chi connectivity index (χ4n) is 1.39. The zero-order valence-electron chi connectivity index (χ0n) is 9.97. The number of carbonyl (C=O) groups is 2. The average Bonchev–Trinajstić information content (AvgIpc) is 2.87. The number of hydrogen-bond acceptors (Lipinski definition) is 4. The molecule has 0 aliphatic rings. The highest BCUT2D eigenvalue weighted by Crippen LogP contribution is 2.22. The van der Waals surface area contributed by atoms with Crippen molar-refractivity contribution in [2.24, 2.45) is 5.73 Å². The summed E-state index contributed by atoms with van der Waals surface area (Å²) in [6.07, 6.45) is 2.93. The minimum absolute atomic E-state index is 0.0799. The largest absolute Gasteiger partial charge is 0.364 e. The van der Waals surface area contributed by atoms with Crippen molar-refractivity contribution in [2.45, 2.75) is 0 Å². The Bertz CT molecular complexity index is 710. The van der Waals surface area contributed by atoms with E-state index in [4.69, 9.17) is 28.9 Å². The maximum atomic E-state index is 11.9. The molecule has 1 heterocycles. The van der Waals surface area contributed by atoms with E-state index in [1.165, 1.54) is 12.1 Å². The molecule has 2 rings (SSSR count). The average molecular weight is 327 g/mol. The second kappa shape index (κ2) is 6.17. The van der Waals surface area contributed by atoms with Crippen molar-refractivity contribution >= 4 is 52.5 Å². The van der Waals surface area contributed by atoms with Crippen LogP contribution < -0.4 is 5.73 Å². The Kier molecular flexibility index (Phi) is 4.54. The van der Waals surface area contributed by atoms with Gasteiger partial charge >= 0.3 is 0 Å². The summed E-state index contributed by atoms with van der Waals surface area (Å²) >= 11 is 12.7. The molecule has 0 unspecified atom stereocenters. The van der Waals surface area contributed by atoms with Crippen LogP contribution in [0.2, 0.25) is 10.0 Å². The predicted molar refractivity (Wildman–Crippen MR) is 80.5 cm³/mol. The number of nitrogens with zero attached hydrogens (tertiary/aromatic N) is 1. The summed E-state index contributed by atoms with van der Waals surface area (Å²) < 4.78 is 3.79. The van der Waals surface area contributed by atoms with Gasteiger partial charge in [0.1, 0.15) is 5.69 Å². The van der Waals surface area contributed by atoms with E-state index >= 15 is 0 Å². The minimum Gasteiger partial charge on any atom is -0.364 e. The Morgan fingerprint density at radius 2 is 2.00 bits per heavy atom. The Labute approximate surface area is 129 Å². The standard InChI is InChI=1S/C13H8Cl2N2O2S/c14-8-3-1-7(9(15)5-8)2-4-11(18)12-6-10(13(16)19)17-20-12/h1-6H,(H2,16,19). The molecule has 4 nitrogen and oxygen atoms in total. The van der Waals surface area contributed by atoms with Crippen LogP contribution in [0.3, 0.4) is 0 Å². The van der Waals surface area contributed by atoms with Gasteiger partial charge in [0.25, 0.3) is 5.91 Å². The van der Waals surface area contributed by atoms with E-state index in [-0.39, 0.29) is 11.5 Å². The molecule has 2 N–H and O–H groups in total. The van der Waals surface area contributed by atoms with E-state index in [0.29, 0.717) is 20.5 Å². The highest BCUT2D eigenvalue weighted by atomic mass is 35.5. The normalized spacial score (nSPS) is 10.9. The Morgan fingerprint density at radius 3 is 2.60 bits per heavy atom. The molecule has 1 amide bonds. The van der Waals surface area contributed by atoms with Crippen LogP contribution in [-0.4, -0.2) is 16.1 Å². The molecule has 7 heteroatoms. The number of amides is 1. The van der Waals surface area contributed by atoms with Gasteiger partial charge in [-0.1, -0.05) is 29.3 Å². The SMILES string of the molecule is NC(=O)c1cc(C(=O)C=Cc2ccc(Cl)cc2Cl)sn1. The van der Waals surface area contributed by atoms with Crippen LogP contribution in [0.4, 0.5) is 0 Å². The van der Waals surface area contributed by atoms with Gasteiger partial charge in [-0.05, 0) is 47.4 Å². The lowest BCUT2D eigenvalue weighted by molar-refractivity contribution is 0.0996. The molecule has 0 aliphatic heterocycles. The van der Waals surface area contributed by atoms with Gasteiger partial charge in [-0.2, -0.15) is 4.37 Å². The molecule has 0 saturated heterocycles. The van der Waals surface area contributed by atoms with Crippen LogP contribution >= 0.6 is 34.7 Å². The molecule has 0 aliphatic carbocycles. The zero-order chi connectivity index (χ0) is 14.7. The number of nitrogens with two attached hydrogens (primary N) is 1. The second-order valence-corrected chi connectivity index (χ2v) is 5.45. The van der Waals surface area contributed by atoms with Gasteiger partial charge in [-0.15, -0.1) is 0 Å². The minimum atomic E-state index is -0.662. The lowest BCUT2D eigenvalue weighted by atomic mass is 10.2. The van der Waals surface area contributed by atoms with Crippen LogP contribution in [0, 0.1) is 0 Å². The number of halogens is 2. The quantitative estimate of drug-likeness (QED) is 0.690. The smallest absolute Gasteiger partial charge is 0.268 e. The molecular formula is C13H8Cl2N2O2S. The van der Waals surface area contributed by atoms with E-state index in [2.05, 4.69) is 4.37 Å². The Hall–Kier alpha value is -1.69. The first-order valence-corrected chi connectivity index (χ1v) is 6.94. The summed E-state index contributed by atoms with van der Waals surface area (Å²) in [4.78, 5) is 23.1. The molecule has 0 fully saturated rings. The van der Waals surface area contributed by atoms with E-state index in [1.54, 1.807) is 24.3 Å². The maximum absolute atomic E-state index is 11.9. The van der Waals surface area contributed by atoms with Crippen LogP contribution in [0.1, 0.15) is 25.7 Å². The van der Waals surface area contributed by atoms with Crippen molar-refractivity contribution in [2.75, 3.05) is 0 Å². The number of hydrogen-bond donors (Lipinski definition) is 1. The molecule has 1 aromatic carbocycles. The molecule has 0 bridgehead atoms. The first kappa shape index (κ1) is 14.7. The van der Waals surface area contributed by atoms with E-state index in [9.17, 15) is 9.59 Å². The van der Waals surface area contributed by atoms with E-state index in [1.807, 2.05) is 0 Å². The van der Waals surface area contributed by atoms with Crippen LogP contribution in [-0.2, 0) is 0 Å². The topological polar surface area (TPSA) is 73.1 Å². The summed E-state index contributed by atoms with van der Waals surface area (Å²) in [5.41, 5.74) is 5.82. The number of aromatic nitrogens is 1. The molecule has 1 aromatic heterocycles. The molecule has 0 atom stereocenters. The summed E-state index contributed by atoms with van der Waals surface area (Å²) in [6, 6.07) is 6.33. The molecule has 102 valence electrons. The molecular weight excluding hydrogens is 319 g/mol. The number of benzene rings is 1. The molecule has 2 aromatic rings. The van der Waals surface area contributed by atoms with E-state index in [0.717, 1.165) is 11.5 Å². The lowest BCUT2D eigenvalue weighted by Gasteiger charge is -1.97. The van der Waals surface area contributed by atoms with Crippen LogP contribution in [0.5, 0.6) is 0 Å². The third-order valence-corrected chi connectivity index (χ3v) is 3.75. The number of rotatable bonds is 4. The zero-order valence-corrected chi connectivity index (χ0v) is 12.3. The third-order valence-electron chi connectivity index (χ3n) is 2.38. The molecule has 0 saturated carbocycles. The summed E-state index contributed by atoms with van der Waals surface area (Å²) in [5, 5.41) is 0.968. The van der Waals surface area contributed by atoms with Crippen molar-refractivity contribution in [3.8, 4) is 0 Å². The highest BCUT2D eigenvalue weighted by Gasteiger charge is 2.11. The number of ketones is 1. The Morgan fingerprint density at radius 1 is 1.25 bits per heavy atom. The Balaban J connectivity index is 2.17. The summed E-state index contributed by atoms with van der Waals surface area (Å²) in [6.45, 7) is 0. The summed E-state index contributed by atoms with van der Waals surface area (Å²) in [7, 11) is 0. The van der Waals surface area contributed by atoms with Gasteiger partial charge in [-0.25, -0.2) is 0 Å². The van der Waals surface area contributed by atoms with Crippen molar-refractivity contribution in [3.63, 3.8) is 0 Å². The number of carbonyl (C=O) groups excluding carboxylic acids is 2. The highest BCUT2D eigenvalue weighted by molar-refractivity contribution is 7.08. The fourth-order valence-corrected chi connectivity index (χ4v) is 2.52. The number of allylic oxidation sites excluding steroid dienone is 1. The van der Waals surface area contributed by atoms with E-state index < -0.39 is 5.91 Å². The maximum Gasteiger partial charge on any atom is 0.268 e. The van der Waals surface area contributed by atoms with Crippen molar-refractivity contribution < 1.29 is 9.59 Å². The fraction of sp³-hybridized carbons (Fsp3) is 0. The van der Waals surface area contributed by atoms with Gasteiger partial charge in [0, 0.05) is 10.0 Å². The summed E-state index contributed by atoms with van der Waals surface area (Å²) in [5.74, 6) is -0.939. The first-order valence-electron chi connectivity index (χ1n) is 5.41. The second-order valence-electron chi connectivity index (χ2n) is 3.80. The van der Waals surface area contributed by atoms with Crippen LogP contribution in [0.15, 0.2) is 30.3 Å². The molecule has 0 spiro atoms. The predicted octanol–water partition coefficient (Wildman–Crippen LogP) is 3.44. The monoisotopic (exact) mass is 326 g/mol. The third kappa shape index (κ3) is 3.45. The van der Waals surface area contributed by atoms with Gasteiger partial charge in [0.15, 0.2) is 5.78 Å². The lowest BCUT2D eigenvalue weighted by Crippen LogP contribution is -2.10. The van der Waals surface area contributed by atoms with Crippen molar-refractivity contribution in [1.82, 2.24) is 4.37 Å². The van der Waals surface area contributed by atoms with Gasteiger partial charge in [0.05, 0.1) is 4.88 Å². The van der Waals surface area contributed by atoms with Crippen molar-refractivity contribution in [3.05, 3.63) is 56.5 Å². The molecule has 20 heavy (non-hydrogen) atoms. The van der Waals surface area contributed by atoms with Crippen molar-refractivity contribution in [1.29, 1.82) is 0 Å². The van der Waals surface area contributed by atoms with Gasteiger partial charge < -0.3 is 5.73 Å². The molecule has 0 radical (unpaired) electrons. The van der Waals surface area contributed by atoms with Gasteiger partial charge in [0.2, 0.25) is 0 Å².